The number of carbonyl (C=O) groups is 2. The van der Waals surface area contributed by atoms with E-state index in [1.54, 1.807) is 11.1 Å². The van der Waals surface area contributed by atoms with Gasteiger partial charge in [0, 0.05) is 41.2 Å². The van der Waals surface area contributed by atoms with Crippen LogP contribution < -0.4 is 10.2 Å². The molecule has 1 saturated heterocycles. The normalized spacial score (nSPS) is 13.7. The van der Waals surface area contributed by atoms with Crippen LogP contribution in [0.3, 0.4) is 0 Å². The summed E-state index contributed by atoms with van der Waals surface area (Å²) in [5.41, 5.74) is 2.94. The molecule has 7 heteroatoms. The predicted molar refractivity (Wildman–Crippen MR) is 117 cm³/mol. The van der Waals surface area contributed by atoms with Gasteiger partial charge in [0.2, 0.25) is 11.8 Å². The van der Waals surface area contributed by atoms with E-state index < -0.39 is 0 Å². The van der Waals surface area contributed by atoms with Crippen molar-refractivity contribution in [3.8, 4) is 0 Å². The van der Waals surface area contributed by atoms with Crippen LogP contribution in [0.4, 0.5) is 10.8 Å². The molecule has 2 amide bonds. The molecular weight excluding hydrogens is 406 g/mol. The maximum absolute atomic E-state index is 12.4. The van der Waals surface area contributed by atoms with E-state index in [2.05, 4.69) is 10.3 Å². The summed E-state index contributed by atoms with van der Waals surface area (Å²) < 4.78 is 0. The van der Waals surface area contributed by atoms with Gasteiger partial charge in [-0.15, -0.1) is 11.3 Å². The van der Waals surface area contributed by atoms with Crippen LogP contribution >= 0.6 is 22.9 Å². The van der Waals surface area contributed by atoms with Crippen molar-refractivity contribution >= 4 is 45.6 Å². The smallest absolute Gasteiger partial charge is 0.230 e. The number of nitrogens with zero attached hydrogens (tertiary/aromatic N) is 2. The molecule has 3 aromatic rings. The van der Waals surface area contributed by atoms with Gasteiger partial charge in [-0.2, -0.15) is 0 Å². The molecular formula is C22H20ClN3O2S. The third-order valence-corrected chi connectivity index (χ3v) is 5.94. The van der Waals surface area contributed by atoms with Gasteiger partial charge < -0.3 is 10.2 Å². The van der Waals surface area contributed by atoms with E-state index in [4.69, 9.17) is 11.6 Å². The summed E-state index contributed by atoms with van der Waals surface area (Å²) in [5, 5.41) is 4.17. The molecule has 1 fully saturated rings. The van der Waals surface area contributed by atoms with E-state index in [-0.39, 0.29) is 18.2 Å². The molecule has 1 aromatic heterocycles. The first-order valence-corrected chi connectivity index (χ1v) is 10.6. The Kier molecular flexibility index (Phi) is 5.92. The number of anilines is 2. The Morgan fingerprint density at radius 3 is 2.52 bits per heavy atom. The van der Waals surface area contributed by atoms with Crippen molar-refractivity contribution in [3.05, 3.63) is 75.8 Å². The molecule has 0 atom stereocenters. The minimum atomic E-state index is -0.109. The van der Waals surface area contributed by atoms with Crippen LogP contribution in [0.1, 0.15) is 28.8 Å². The number of benzene rings is 2. The van der Waals surface area contributed by atoms with Crippen LogP contribution in [0.2, 0.25) is 5.02 Å². The average Bonchev–Trinajstić information content (AvgIpc) is 3.33. The maximum atomic E-state index is 12.4. The number of nitrogens with one attached hydrogen (secondary N) is 1. The van der Waals surface area contributed by atoms with E-state index in [0.29, 0.717) is 16.6 Å². The maximum Gasteiger partial charge on any atom is 0.230 e. The van der Waals surface area contributed by atoms with Crippen LogP contribution in [-0.4, -0.2) is 23.3 Å². The van der Waals surface area contributed by atoms with E-state index in [9.17, 15) is 9.59 Å². The second-order valence-corrected chi connectivity index (χ2v) is 8.53. The van der Waals surface area contributed by atoms with Gasteiger partial charge >= 0.3 is 0 Å². The van der Waals surface area contributed by atoms with Crippen molar-refractivity contribution in [2.24, 2.45) is 0 Å². The number of amides is 2. The Morgan fingerprint density at radius 1 is 1.10 bits per heavy atom. The van der Waals surface area contributed by atoms with Gasteiger partial charge in [-0.25, -0.2) is 4.98 Å². The molecule has 4 rings (SSSR count). The number of aromatic nitrogens is 1. The molecule has 0 saturated carbocycles. The van der Waals surface area contributed by atoms with Crippen molar-refractivity contribution in [1.82, 2.24) is 4.98 Å². The van der Waals surface area contributed by atoms with E-state index in [1.165, 1.54) is 11.3 Å². The number of thiazole rings is 1. The summed E-state index contributed by atoms with van der Waals surface area (Å²) in [6.45, 7) is 0.765. The largest absolute Gasteiger partial charge is 0.312 e. The Balaban J connectivity index is 1.32. The molecule has 29 heavy (non-hydrogen) atoms. The van der Waals surface area contributed by atoms with Crippen LogP contribution in [0.15, 0.2) is 54.7 Å². The minimum absolute atomic E-state index is 0.109. The monoisotopic (exact) mass is 425 g/mol. The lowest BCUT2D eigenvalue weighted by Crippen LogP contribution is -2.23. The average molecular weight is 426 g/mol. The van der Waals surface area contributed by atoms with Crippen LogP contribution in [0.5, 0.6) is 0 Å². The molecule has 0 bridgehead atoms. The molecule has 2 aromatic carbocycles. The summed E-state index contributed by atoms with van der Waals surface area (Å²) in [7, 11) is 0. The highest BCUT2D eigenvalue weighted by atomic mass is 35.5. The van der Waals surface area contributed by atoms with Crippen molar-refractivity contribution in [2.75, 3.05) is 16.8 Å². The fourth-order valence-corrected chi connectivity index (χ4v) is 4.30. The molecule has 0 unspecified atom stereocenters. The van der Waals surface area contributed by atoms with Gasteiger partial charge in [-0.3, -0.25) is 9.59 Å². The molecule has 1 aliphatic heterocycles. The summed E-state index contributed by atoms with van der Waals surface area (Å²) in [6, 6.07) is 15.3. The quantitative estimate of drug-likeness (QED) is 0.622. The highest BCUT2D eigenvalue weighted by Crippen LogP contribution is 2.23. The lowest BCUT2D eigenvalue weighted by Gasteiger charge is -2.15. The zero-order valence-electron chi connectivity index (χ0n) is 15.7. The molecule has 0 spiro atoms. The summed E-state index contributed by atoms with van der Waals surface area (Å²) in [6.07, 6.45) is 4.31. The summed E-state index contributed by atoms with van der Waals surface area (Å²) in [4.78, 5) is 31.3. The van der Waals surface area contributed by atoms with Gasteiger partial charge in [0.05, 0.1) is 6.42 Å². The predicted octanol–water partition coefficient (Wildman–Crippen LogP) is 4.70. The third kappa shape index (κ3) is 5.02. The fourth-order valence-electron chi connectivity index (χ4n) is 3.31. The first-order valence-electron chi connectivity index (χ1n) is 9.45. The molecule has 0 radical (unpaired) electrons. The molecule has 1 N–H and O–H groups in total. The first-order chi connectivity index (χ1) is 14.1. The van der Waals surface area contributed by atoms with E-state index in [1.807, 2.05) is 48.5 Å². The number of hydrogen-bond acceptors (Lipinski definition) is 4. The van der Waals surface area contributed by atoms with Crippen molar-refractivity contribution in [2.45, 2.75) is 25.7 Å². The molecule has 5 nitrogen and oxygen atoms in total. The van der Waals surface area contributed by atoms with E-state index in [0.717, 1.165) is 41.1 Å². The number of rotatable bonds is 6. The Hall–Kier alpha value is -2.70. The Morgan fingerprint density at radius 2 is 1.83 bits per heavy atom. The Labute approximate surface area is 178 Å². The molecule has 0 aliphatic carbocycles. The SMILES string of the molecule is O=C(Cc1ccc(N2CCCC2=O)cc1)Nc1ncc(Cc2ccc(Cl)cc2)s1. The summed E-state index contributed by atoms with van der Waals surface area (Å²) >= 11 is 7.39. The zero-order chi connectivity index (χ0) is 20.2. The first kappa shape index (κ1) is 19.6. The van der Waals surface area contributed by atoms with Crippen LogP contribution in [-0.2, 0) is 22.4 Å². The van der Waals surface area contributed by atoms with Crippen molar-refractivity contribution in [3.63, 3.8) is 0 Å². The van der Waals surface area contributed by atoms with Gasteiger partial charge in [0.25, 0.3) is 0 Å². The molecule has 2 heterocycles. The number of carbonyl (C=O) groups excluding carboxylic acids is 2. The third-order valence-electron chi connectivity index (χ3n) is 4.78. The second kappa shape index (κ2) is 8.76. The van der Waals surface area contributed by atoms with Gasteiger partial charge in [-0.05, 0) is 41.8 Å². The van der Waals surface area contributed by atoms with Gasteiger partial charge in [0.15, 0.2) is 5.13 Å². The number of halogens is 1. The summed E-state index contributed by atoms with van der Waals surface area (Å²) in [5.74, 6) is 0.0519. The van der Waals surface area contributed by atoms with Crippen molar-refractivity contribution < 1.29 is 9.59 Å². The highest BCUT2D eigenvalue weighted by molar-refractivity contribution is 7.15. The second-order valence-electron chi connectivity index (χ2n) is 6.98. The zero-order valence-corrected chi connectivity index (χ0v) is 17.3. The minimum Gasteiger partial charge on any atom is -0.312 e. The topological polar surface area (TPSA) is 62.3 Å². The lowest BCUT2D eigenvalue weighted by atomic mass is 10.1. The highest BCUT2D eigenvalue weighted by Gasteiger charge is 2.21. The molecule has 148 valence electrons. The number of hydrogen-bond donors (Lipinski definition) is 1. The Bertz CT molecular complexity index is 1020. The molecule has 1 aliphatic rings. The lowest BCUT2D eigenvalue weighted by molar-refractivity contribution is -0.117. The van der Waals surface area contributed by atoms with E-state index >= 15 is 0 Å². The van der Waals surface area contributed by atoms with Crippen LogP contribution in [0.25, 0.3) is 0 Å². The van der Waals surface area contributed by atoms with Gasteiger partial charge in [0.1, 0.15) is 0 Å². The standard InChI is InChI=1S/C22H20ClN3O2S/c23-17-7-3-15(4-8-17)12-19-14-24-22(29-19)25-20(27)13-16-5-9-18(10-6-16)26-11-1-2-21(26)28/h3-10,14H,1-2,11-13H2,(H,24,25,27). The van der Waals surface area contributed by atoms with Crippen LogP contribution in [0, 0.1) is 0 Å². The fraction of sp³-hybridized carbons (Fsp3) is 0.227. The van der Waals surface area contributed by atoms with Gasteiger partial charge in [-0.1, -0.05) is 35.9 Å². The van der Waals surface area contributed by atoms with Crippen molar-refractivity contribution in [1.29, 1.82) is 0 Å².